The van der Waals surface area contributed by atoms with Crippen molar-refractivity contribution in [1.29, 1.82) is 0 Å². The third-order valence-corrected chi connectivity index (χ3v) is 13.8. The van der Waals surface area contributed by atoms with Crippen molar-refractivity contribution in [2.75, 3.05) is 6.61 Å². The third-order valence-electron chi connectivity index (χ3n) is 13.8. The fourth-order valence-electron chi connectivity index (χ4n) is 9.46. The highest BCUT2D eigenvalue weighted by Crippen LogP contribution is 2.19. The van der Waals surface area contributed by atoms with Gasteiger partial charge in [-0.15, -0.1) is 0 Å². The van der Waals surface area contributed by atoms with E-state index in [0.717, 1.165) is 44.9 Å². The molecule has 0 aliphatic heterocycles. The number of hydrogen-bond acceptors (Lipinski definition) is 3. The molecule has 1 N–H and O–H groups in total. The number of carbonyl (C=O) groups excluding carboxylic acids is 1. The van der Waals surface area contributed by atoms with Gasteiger partial charge in [-0.25, -0.2) is 0 Å². The predicted octanol–water partition coefficient (Wildman–Crippen LogP) is 20.7. The van der Waals surface area contributed by atoms with Gasteiger partial charge in [0.1, 0.15) is 0 Å². The molecule has 0 spiro atoms. The number of carbonyl (C=O) groups is 2. The molecule has 0 fully saturated rings. The Labute approximate surface area is 390 Å². The molecule has 0 aromatic carbocycles. The van der Waals surface area contributed by atoms with E-state index in [9.17, 15) is 9.59 Å². The molecule has 0 saturated heterocycles. The predicted molar refractivity (Wildman–Crippen MR) is 274 cm³/mol. The minimum absolute atomic E-state index is 0.0526. The van der Waals surface area contributed by atoms with Crippen molar-refractivity contribution in [3.8, 4) is 0 Å². The summed E-state index contributed by atoms with van der Waals surface area (Å²) in [5, 5.41) is 8.65. The maximum absolute atomic E-state index is 11.9. The van der Waals surface area contributed by atoms with Crippen LogP contribution in [-0.4, -0.2) is 23.7 Å². The summed E-state index contributed by atoms with van der Waals surface area (Å²) in [6, 6.07) is 0. The Balaban J connectivity index is 3.11. The van der Waals surface area contributed by atoms with Gasteiger partial charge in [0.25, 0.3) is 0 Å². The summed E-state index contributed by atoms with van der Waals surface area (Å²) in [5.74, 6) is -0.760. The second-order valence-electron chi connectivity index (χ2n) is 20.1. The van der Waals surface area contributed by atoms with Crippen molar-refractivity contribution < 1.29 is 19.4 Å². The first kappa shape index (κ1) is 60.9. The Morgan fingerprint density at radius 3 is 0.645 bits per heavy atom. The van der Waals surface area contributed by atoms with Crippen molar-refractivity contribution >= 4 is 11.9 Å². The molecule has 0 radical (unpaired) electrons. The number of unbranched alkanes of at least 4 members (excludes halogenated alkanes) is 50. The minimum Gasteiger partial charge on any atom is -0.481 e. The van der Waals surface area contributed by atoms with Crippen LogP contribution < -0.4 is 0 Å². The second kappa shape index (κ2) is 56.1. The number of rotatable bonds is 56. The Morgan fingerprint density at radius 1 is 0.258 bits per heavy atom. The molecule has 0 aliphatic carbocycles. The smallest absolute Gasteiger partial charge is 0.305 e. The summed E-state index contributed by atoms with van der Waals surface area (Å²) in [4.78, 5) is 22.4. The van der Waals surface area contributed by atoms with Crippen molar-refractivity contribution in [3.63, 3.8) is 0 Å². The second-order valence-corrected chi connectivity index (χ2v) is 20.1. The van der Waals surface area contributed by atoms with Crippen LogP contribution in [0.3, 0.4) is 0 Å². The molecule has 0 aromatic rings. The van der Waals surface area contributed by atoms with Gasteiger partial charge in [-0.3, -0.25) is 9.59 Å². The van der Waals surface area contributed by atoms with Crippen molar-refractivity contribution in [3.05, 3.63) is 0 Å². The molecule has 0 atom stereocenters. The monoisotopic (exact) mass is 875 g/mol. The van der Waals surface area contributed by atoms with E-state index >= 15 is 0 Å². The molecule has 0 rings (SSSR count). The molecule has 0 amide bonds. The first-order valence-electron chi connectivity index (χ1n) is 29.0. The minimum atomic E-state index is -0.708. The van der Waals surface area contributed by atoms with Gasteiger partial charge < -0.3 is 9.84 Å². The van der Waals surface area contributed by atoms with Gasteiger partial charge >= 0.3 is 11.9 Å². The van der Waals surface area contributed by atoms with Crippen molar-refractivity contribution in [2.45, 2.75) is 354 Å². The zero-order chi connectivity index (χ0) is 44.8. The number of esters is 1. The van der Waals surface area contributed by atoms with Crippen LogP contribution in [0, 0.1) is 0 Å². The van der Waals surface area contributed by atoms with E-state index in [2.05, 4.69) is 6.92 Å². The van der Waals surface area contributed by atoms with Gasteiger partial charge in [0.15, 0.2) is 0 Å². The summed E-state index contributed by atoms with van der Waals surface area (Å²) in [6.07, 6.45) is 72.8. The fraction of sp³-hybridized carbons (Fsp3) is 0.966. The number of ether oxygens (including phenoxy) is 1. The molecule has 0 unspecified atom stereocenters. The van der Waals surface area contributed by atoms with Crippen LogP contribution in [0.1, 0.15) is 354 Å². The maximum Gasteiger partial charge on any atom is 0.305 e. The van der Waals surface area contributed by atoms with Crippen LogP contribution >= 0.6 is 0 Å². The molecule has 4 nitrogen and oxygen atoms in total. The summed E-state index contributed by atoms with van der Waals surface area (Å²) >= 11 is 0. The first-order chi connectivity index (χ1) is 30.7. The lowest BCUT2D eigenvalue weighted by Gasteiger charge is -2.06. The van der Waals surface area contributed by atoms with Crippen LogP contribution in [-0.2, 0) is 14.3 Å². The summed E-state index contributed by atoms with van der Waals surface area (Å²) in [6.45, 7) is 2.89. The van der Waals surface area contributed by atoms with Gasteiger partial charge in [0.2, 0.25) is 0 Å². The Kier molecular flexibility index (Phi) is 55.1. The van der Waals surface area contributed by atoms with Crippen LogP contribution in [0.2, 0.25) is 0 Å². The van der Waals surface area contributed by atoms with E-state index in [1.807, 2.05) is 0 Å². The maximum atomic E-state index is 11.9. The van der Waals surface area contributed by atoms with E-state index in [4.69, 9.17) is 9.84 Å². The number of carboxylic acid groups (broad SMARTS) is 1. The van der Waals surface area contributed by atoms with Crippen LogP contribution in [0.4, 0.5) is 0 Å². The lowest BCUT2D eigenvalue weighted by Crippen LogP contribution is -2.05. The number of hydrogen-bond donors (Lipinski definition) is 1. The standard InChI is InChI=1S/C58H114O4/c1-2-3-4-5-6-7-8-9-10-11-12-13-14-15-16-17-18-19-20-21-22-23-24-25-26-27-28-29-30-31-32-33-34-35-36-37-38-39-40-41-42-43-44-47-50-53-56-62-58(61)55-52-49-46-45-48-51-54-57(59)60/h2-56H2,1H3,(H,59,60). The third kappa shape index (κ3) is 57.0. The SMILES string of the molecule is CCCCCCCCCCCCCCCCCCCCCCCCCCCCCCCCCCCCCCCCCCCCCCCCOC(=O)CCCCCCCCC(=O)O. The largest absolute Gasteiger partial charge is 0.481 e. The summed E-state index contributed by atoms with van der Waals surface area (Å²) in [5.41, 5.74) is 0. The van der Waals surface area contributed by atoms with Gasteiger partial charge in [-0.1, -0.05) is 322 Å². The van der Waals surface area contributed by atoms with E-state index in [1.165, 1.54) is 289 Å². The van der Waals surface area contributed by atoms with E-state index in [-0.39, 0.29) is 12.4 Å². The fourth-order valence-corrected chi connectivity index (χ4v) is 9.46. The zero-order valence-corrected chi connectivity index (χ0v) is 42.6. The Hall–Kier alpha value is -1.06. The molecule has 4 heteroatoms. The summed E-state index contributed by atoms with van der Waals surface area (Å²) < 4.78 is 5.39. The average molecular weight is 876 g/mol. The molecule has 62 heavy (non-hydrogen) atoms. The molecule has 0 aliphatic rings. The van der Waals surface area contributed by atoms with E-state index in [0.29, 0.717) is 13.0 Å². The zero-order valence-electron chi connectivity index (χ0n) is 42.6. The lowest BCUT2D eigenvalue weighted by molar-refractivity contribution is -0.144. The Morgan fingerprint density at radius 2 is 0.435 bits per heavy atom. The van der Waals surface area contributed by atoms with Crippen LogP contribution in [0.25, 0.3) is 0 Å². The molecule has 0 aromatic heterocycles. The molecule has 370 valence electrons. The molecular formula is C58H114O4. The van der Waals surface area contributed by atoms with Gasteiger partial charge in [-0.05, 0) is 19.3 Å². The number of aliphatic carboxylic acids is 1. The van der Waals surface area contributed by atoms with Crippen molar-refractivity contribution in [1.82, 2.24) is 0 Å². The van der Waals surface area contributed by atoms with Crippen LogP contribution in [0.5, 0.6) is 0 Å². The quantitative estimate of drug-likeness (QED) is 0.0488. The van der Waals surface area contributed by atoms with E-state index < -0.39 is 5.97 Å². The topological polar surface area (TPSA) is 63.6 Å². The lowest BCUT2D eigenvalue weighted by atomic mass is 10.0. The van der Waals surface area contributed by atoms with Crippen molar-refractivity contribution in [2.24, 2.45) is 0 Å². The summed E-state index contributed by atoms with van der Waals surface area (Å²) in [7, 11) is 0. The van der Waals surface area contributed by atoms with E-state index in [1.54, 1.807) is 0 Å². The van der Waals surface area contributed by atoms with Gasteiger partial charge in [0.05, 0.1) is 6.61 Å². The average Bonchev–Trinajstić information content (AvgIpc) is 3.27. The molecule has 0 saturated carbocycles. The highest BCUT2D eigenvalue weighted by Gasteiger charge is 2.04. The molecular weight excluding hydrogens is 761 g/mol. The molecule has 0 bridgehead atoms. The number of carboxylic acids is 1. The molecule has 0 heterocycles. The highest BCUT2D eigenvalue weighted by molar-refractivity contribution is 5.69. The normalized spacial score (nSPS) is 11.5. The Bertz CT molecular complexity index is 841. The van der Waals surface area contributed by atoms with Crippen LogP contribution in [0.15, 0.2) is 0 Å². The van der Waals surface area contributed by atoms with Gasteiger partial charge in [0, 0.05) is 12.8 Å². The van der Waals surface area contributed by atoms with Gasteiger partial charge in [-0.2, -0.15) is 0 Å². The first-order valence-corrected chi connectivity index (χ1v) is 29.0. The highest BCUT2D eigenvalue weighted by atomic mass is 16.5.